The zero-order valence-corrected chi connectivity index (χ0v) is 14.1. The van der Waals surface area contributed by atoms with E-state index >= 15 is 0 Å². The molecule has 0 aromatic carbocycles. The highest BCUT2D eigenvalue weighted by Gasteiger charge is 2.20. The molecular weight excluding hydrogens is 272 g/mol. The molecule has 3 N–H and O–H groups in total. The first-order valence-corrected chi connectivity index (χ1v) is 8.55. The first-order chi connectivity index (χ1) is 9.11. The molecule has 20 heavy (non-hydrogen) atoms. The Morgan fingerprint density at radius 2 is 1.95 bits per heavy atom. The molecule has 1 aromatic heterocycles. The molecule has 2 atom stereocenters. The van der Waals surface area contributed by atoms with Gasteiger partial charge in [-0.3, -0.25) is 4.21 Å². The van der Waals surface area contributed by atoms with Crippen molar-refractivity contribution in [1.82, 2.24) is 9.97 Å². The van der Waals surface area contributed by atoms with E-state index < -0.39 is 10.8 Å². The highest BCUT2D eigenvalue weighted by Crippen LogP contribution is 2.25. The van der Waals surface area contributed by atoms with Crippen LogP contribution < -0.4 is 11.1 Å². The van der Waals surface area contributed by atoms with Gasteiger partial charge in [0.15, 0.2) is 0 Å². The summed E-state index contributed by atoms with van der Waals surface area (Å²) in [4.78, 5) is 8.96. The summed E-state index contributed by atoms with van der Waals surface area (Å²) < 4.78 is 11.1. The van der Waals surface area contributed by atoms with Crippen LogP contribution in [0.15, 0.2) is 0 Å². The Bertz CT molecular complexity index is 497. The van der Waals surface area contributed by atoms with Crippen LogP contribution in [-0.4, -0.2) is 32.2 Å². The molecular formula is C14H26N4OS. The Hall–Kier alpha value is -1.17. The van der Waals surface area contributed by atoms with Crippen LogP contribution in [0.3, 0.4) is 0 Å². The van der Waals surface area contributed by atoms with E-state index in [9.17, 15) is 4.21 Å². The highest BCUT2D eigenvalue weighted by atomic mass is 32.2. The summed E-state index contributed by atoms with van der Waals surface area (Å²) >= 11 is 0. The summed E-state index contributed by atoms with van der Waals surface area (Å²) in [5.74, 6) is 2.70. The molecule has 114 valence electrons. The van der Waals surface area contributed by atoms with Crippen molar-refractivity contribution in [2.45, 2.75) is 52.5 Å². The van der Waals surface area contributed by atoms with Crippen LogP contribution in [0.2, 0.25) is 0 Å². The van der Waals surface area contributed by atoms with Crippen molar-refractivity contribution >= 4 is 22.4 Å². The third kappa shape index (κ3) is 4.74. The molecule has 0 saturated carbocycles. The number of nitrogens with two attached hydrogens (primary N) is 1. The topological polar surface area (TPSA) is 80.9 Å². The molecule has 0 saturated heterocycles. The van der Waals surface area contributed by atoms with E-state index in [-0.39, 0.29) is 11.5 Å². The summed E-state index contributed by atoms with van der Waals surface area (Å²) in [7, 11) is -0.770. The van der Waals surface area contributed by atoms with Crippen molar-refractivity contribution in [3.05, 3.63) is 11.4 Å². The molecule has 6 heteroatoms. The van der Waals surface area contributed by atoms with Gasteiger partial charge in [-0.25, -0.2) is 9.97 Å². The zero-order chi connectivity index (χ0) is 15.5. The van der Waals surface area contributed by atoms with E-state index in [0.29, 0.717) is 11.6 Å². The minimum atomic E-state index is -0.770. The predicted molar refractivity (Wildman–Crippen MR) is 86.5 cm³/mol. The quantitative estimate of drug-likeness (QED) is 0.871. The first-order valence-electron chi connectivity index (χ1n) is 6.82. The van der Waals surface area contributed by atoms with Crippen LogP contribution in [-0.2, 0) is 16.2 Å². The fourth-order valence-electron chi connectivity index (χ4n) is 1.66. The second-order valence-electron chi connectivity index (χ2n) is 6.27. The minimum Gasteiger partial charge on any atom is -0.383 e. The average Bonchev–Trinajstić information content (AvgIpc) is 2.30. The Kier molecular flexibility index (Phi) is 5.50. The molecule has 0 fully saturated rings. The molecule has 0 aliphatic rings. The first kappa shape index (κ1) is 16.9. The Labute approximate surface area is 124 Å². The van der Waals surface area contributed by atoms with Crippen molar-refractivity contribution < 1.29 is 4.21 Å². The lowest BCUT2D eigenvalue weighted by molar-refractivity contribution is 0.545. The van der Waals surface area contributed by atoms with Gasteiger partial charge >= 0.3 is 0 Å². The van der Waals surface area contributed by atoms with E-state index in [1.54, 1.807) is 6.26 Å². The van der Waals surface area contributed by atoms with Crippen molar-refractivity contribution in [3.8, 4) is 0 Å². The smallest absolute Gasteiger partial charge is 0.138 e. The third-order valence-electron chi connectivity index (χ3n) is 3.08. The van der Waals surface area contributed by atoms with Gasteiger partial charge in [0.2, 0.25) is 0 Å². The SMILES string of the molecule is Cc1c(N)nc(C(C)(C)C)nc1NC(C)CCS(C)=O. The monoisotopic (exact) mass is 298 g/mol. The predicted octanol–water partition coefficient (Wildman–Crippen LogP) is 2.23. The number of nitrogens with zero attached hydrogens (tertiary/aromatic N) is 2. The van der Waals surface area contributed by atoms with Gasteiger partial charge in [0, 0.05) is 39.8 Å². The van der Waals surface area contributed by atoms with Gasteiger partial charge in [-0.15, -0.1) is 0 Å². The normalized spacial score (nSPS) is 14.9. The standard InChI is InChI=1S/C14H26N4OS/c1-9(7-8-20(6)19)16-12-10(2)11(15)17-13(18-12)14(3,4)5/h9H,7-8H2,1-6H3,(H3,15,16,17,18). The summed E-state index contributed by atoms with van der Waals surface area (Å²) in [5, 5.41) is 3.35. The second kappa shape index (κ2) is 6.52. The molecule has 2 unspecified atom stereocenters. The van der Waals surface area contributed by atoms with E-state index in [4.69, 9.17) is 5.73 Å². The van der Waals surface area contributed by atoms with Crippen molar-refractivity contribution in [2.24, 2.45) is 0 Å². The van der Waals surface area contributed by atoms with Crippen LogP contribution in [0.4, 0.5) is 11.6 Å². The molecule has 0 amide bonds. The van der Waals surface area contributed by atoms with E-state index in [1.807, 2.05) is 6.92 Å². The highest BCUT2D eigenvalue weighted by molar-refractivity contribution is 7.84. The number of aromatic nitrogens is 2. The molecule has 0 radical (unpaired) electrons. The van der Waals surface area contributed by atoms with Gasteiger partial charge in [0.05, 0.1) is 0 Å². The fraction of sp³-hybridized carbons (Fsp3) is 0.714. The molecule has 5 nitrogen and oxygen atoms in total. The summed E-state index contributed by atoms with van der Waals surface area (Å²) in [6.07, 6.45) is 2.55. The van der Waals surface area contributed by atoms with E-state index in [1.165, 1.54) is 0 Å². The Morgan fingerprint density at radius 1 is 1.35 bits per heavy atom. The van der Waals surface area contributed by atoms with Crippen LogP contribution in [0.25, 0.3) is 0 Å². The lowest BCUT2D eigenvalue weighted by Gasteiger charge is -2.21. The van der Waals surface area contributed by atoms with Crippen molar-refractivity contribution in [1.29, 1.82) is 0 Å². The van der Waals surface area contributed by atoms with Crippen LogP contribution in [0.5, 0.6) is 0 Å². The summed E-state index contributed by atoms with van der Waals surface area (Å²) in [6.45, 7) is 10.1. The van der Waals surface area contributed by atoms with Gasteiger partial charge in [-0.2, -0.15) is 0 Å². The summed E-state index contributed by atoms with van der Waals surface area (Å²) in [6, 6.07) is 0.194. The Morgan fingerprint density at radius 3 is 2.45 bits per heavy atom. The maximum Gasteiger partial charge on any atom is 0.138 e. The molecule has 0 aliphatic carbocycles. The molecule has 1 heterocycles. The zero-order valence-electron chi connectivity index (χ0n) is 13.3. The number of nitrogens with one attached hydrogen (secondary N) is 1. The second-order valence-corrected chi connectivity index (χ2v) is 7.82. The van der Waals surface area contributed by atoms with Gasteiger partial charge < -0.3 is 11.1 Å². The maximum atomic E-state index is 11.1. The molecule has 0 bridgehead atoms. The molecule has 1 rings (SSSR count). The van der Waals surface area contributed by atoms with Gasteiger partial charge in [-0.1, -0.05) is 20.8 Å². The van der Waals surface area contributed by atoms with Crippen LogP contribution in [0, 0.1) is 6.92 Å². The van der Waals surface area contributed by atoms with Gasteiger partial charge in [0.1, 0.15) is 17.5 Å². The van der Waals surface area contributed by atoms with E-state index in [2.05, 4.69) is 43.0 Å². The van der Waals surface area contributed by atoms with E-state index in [0.717, 1.165) is 23.6 Å². The van der Waals surface area contributed by atoms with Crippen molar-refractivity contribution in [3.63, 3.8) is 0 Å². The van der Waals surface area contributed by atoms with Gasteiger partial charge in [0.25, 0.3) is 0 Å². The number of nitrogen functional groups attached to an aromatic ring is 1. The Balaban J connectivity index is 2.94. The third-order valence-corrected chi connectivity index (χ3v) is 3.89. The summed E-state index contributed by atoms with van der Waals surface area (Å²) in [5.41, 5.74) is 6.69. The largest absolute Gasteiger partial charge is 0.383 e. The number of hydrogen-bond acceptors (Lipinski definition) is 5. The molecule has 1 aromatic rings. The van der Waals surface area contributed by atoms with Crippen LogP contribution in [0.1, 0.15) is 45.5 Å². The minimum absolute atomic E-state index is 0.146. The maximum absolute atomic E-state index is 11.1. The van der Waals surface area contributed by atoms with Crippen molar-refractivity contribution in [2.75, 3.05) is 23.1 Å². The molecule has 0 aliphatic heterocycles. The number of anilines is 2. The lowest BCUT2D eigenvalue weighted by Crippen LogP contribution is -2.23. The van der Waals surface area contributed by atoms with Crippen LogP contribution >= 0.6 is 0 Å². The number of hydrogen-bond donors (Lipinski definition) is 2. The average molecular weight is 298 g/mol. The lowest BCUT2D eigenvalue weighted by atomic mass is 9.95. The molecule has 0 spiro atoms. The number of rotatable bonds is 5. The van der Waals surface area contributed by atoms with Gasteiger partial charge in [-0.05, 0) is 20.3 Å². The fourth-order valence-corrected chi connectivity index (χ4v) is 2.34.